The highest BCUT2D eigenvalue weighted by Crippen LogP contribution is 2.26. The van der Waals surface area contributed by atoms with Crippen LogP contribution in [0.25, 0.3) is 0 Å². The van der Waals surface area contributed by atoms with E-state index in [1.54, 1.807) is 6.07 Å². The Morgan fingerprint density at radius 1 is 1.37 bits per heavy atom. The first kappa shape index (κ1) is 14.2. The smallest absolute Gasteiger partial charge is 0.207 e. The maximum absolute atomic E-state index is 13.7. The van der Waals surface area contributed by atoms with Crippen LogP contribution in [0.5, 0.6) is 0 Å². The third kappa shape index (κ3) is 2.87. The quantitative estimate of drug-likeness (QED) is 0.779. The zero-order valence-electron chi connectivity index (χ0n) is 10.9. The van der Waals surface area contributed by atoms with Crippen LogP contribution in [0, 0.1) is 5.82 Å². The van der Waals surface area contributed by atoms with Crippen molar-refractivity contribution in [3.8, 4) is 0 Å². The lowest BCUT2D eigenvalue weighted by Crippen LogP contribution is -2.36. The molecule has 5 heteroatoms. The van der Waals surface area contributed by atoms with Crippen LogP contribution < -0.4 is 0 Å². The summed E-state index contributed by atoms with van der Waals surface area (Å²) in [5, 5.41) is 0. The molecule has 1 aliphatic heterocycles. The van der Waals surface area contributed by atoms with Gasteiger partial charge >= 0.3 is 0 Å². The first-order valence-corrected chi connectivity index (χ1v) is 7.94. The minimum Gasteiger partial charge on any atom is -0.207 e. The summed E-state index contributed by atoms with van der Waals surface area (Å²) in [4.78, 5) is -0.236. The van der Waals surface area contributed by atoms with Gasteiger partial charge in [-0.15, -0.1) is 0 Å². The van der Waals surface area contributed by atoms with Crippen LogP contribution >= 0.6 is 0 Å². The molecule has 1 aromatic rings. The van der Waals surface area contributed by atoms with Gasteiger partial charge in [0.25, 0.3) is 0 Å². The number of nitrogens with zero attached hydrogens (tertiary/aromatic N) is 1. The molecule has 0 N–H and O–H groups in total. The number of hydrogen-bond donors (Lipinski definition) is 0. The van der Waals surface area contributed by atoms with Gasteiger partial charge in [0.2, 0.25) is 10.0 Å². The van der Waals surface area contributed by atoms with Gasteiger partial charge in [-0.05, 0) is 18.6 Å². The van der Waals surface area contributed by atoms with E-state index in [1.807, 2.05) is 12.2 Å². The molecule has 0 aliphatic carbocycles. The molecular formula is C14H18FNO2S. The summed E-state index contributed by atoms with van der Waals surface area (Å²) in [5.74, 6) is -0.691. The summed E-state index contributed by atoms with van der Waals surface area (Å²) < 4.78 is 40.0. The van der Waals surface area contributed by atoms with Gasteiger partial charge in [-0.3, -0.25) is 0 Å². The molecule has 0 aromatic heterocycles. The number of sulfonamides is 1. The minimum absolute atomic E-state index is 0.149. The average Bonchev–Trinajstić information content (AvgIpc) is 2.85. The second-order valence-corrected chi connectivity index (χ2v) is 6.50. The molecule has 19 heavy (non-hydrogen) atoms. The maximum atomic E-state index is 13.7. The third-order valence-corrected chi connectivity index (χ3v) is 5.21. The van der Waals surface area contributed by atoms with Crippen molar-refractivity contribution < 1.29 is 12.8 Å². The number of halogens is 1. The summed E-state index contributed by atoms with van der Waals surface area (Å²) in [6.07, 6.45) is 6.48. The number of benzene rings is 1. The largest absolute Gasteiger partial charge is 0.246 e. The zero-order valence-corrected chi connectivity index (χ0v) is 11.7. The van der Waals surface area contributed by atoms with Gasteiger partial charge in [0, 0.05) is 12.6 Å². The van der Waals surface area contributed by atoms with Crippen molar-refractivity contribution in [2.75, 3.05) is 6.54 Å². The van der Waals surface area contributed by atoms with Gasteiger partial charge in [0.05, 0.1) is 0 Å². The van der Waals surface area contributed by atoms with E-state index < -0.39 is 15.8 Å². The Labute approximate surface area is 113 Å². The Kier molecular flexibility index (Phi) is 4.37. The molecule has 3 nitrogen and oxygen atoms in total. The van der Waals surface area contributed by atoms with Crippen LogP contribution in [0.3, 0.4) is 0 Å². The molecule has 1 heterocycles. The predicted molar refractivity (Wildman–Crippen MR) is 72.7 cm³/mol. The maximum Gasteiger partial charge on any atom is 0.246 e. The lowest BCUT2D eigenvalue weighted by atomic mass is 10.1. The van der Waals surface area contributed by atoms with Gasteiger partial charge in [-0.25, -0.2) is 12.8 Å². The van der Waals surface area contributed by atoms with E-state index in [9.17, 15) is 12.8 Å². The van der Waals surface area contributed by atoms with Gasteiger partial charge in [0.15, 0.2) is 0 Å². The lowest BCUT2D eigenvalue weighted by Gasteiger charge is -2.24. The molecule has 1 unspecified atom stereocenters. The molecule has 1 atom stereocenters. The SMILES string of the molecule is CCCCC1C=CCN1S(=O)(=O)c1ccccc1F. The molecule has 0 saturated carbocycles. The van der Waals surface area contributed by atoms with Crippen LogP contribution in [-0.4, -0.2) is 25.3 Å². The van der Waals surface area contributed by atoms with Gasteiger partial charge in [0.1, 0.15) is 10.7 Å². The lowest BCUT2D eigenvalue weighted by molar-refractivity contribution is 0.384. The predicted octanol–water partition coefficient (Wildman–Crippen LogP) is 2.95. The van der Waals surface area contributed by atoms with Crippen molar-refractivity contribution in [1.29, 1.82) is 0 Å². The molecule has 1 aromatic carbocycles. The number of rotatable bonds is 5. The highest BCUT2D eigenvalue weighted by atomic mass is 32.2. The summed E-state index contributed by atoms with van der Waals surface area (Å²) >= 11 is 0. The van der Waals surface area contributed by atoms with Crippen molar-refractivity contribution in [3.63, 3.8) is 0 Å². The monoisotopic (exact) mass is 283 g/mol. The van der Waals surface area contributed by atoms with Gasteiger partial charge < -0.3 is 0 Å². The highest BCUT2D eigenvalue weighted by Gasteiger charge is 2.33. The Balaban J connectivity index is 2.27. The number of hydrogen-bond acceptors (Lipinski definition) is 2. The molecular weight excluding hydrogens is 265 g/mol. The van der Waals surface area contributed by atoms with Crippen LogP contribution in [-0.2, 0) is 10.0 Å². The molecule has 104 valence electrons. The standard InChI is InChI=1S/C14H18FNO2S/c1-2-3-7-12-8-6-11-16(12)19(17,18)14-10-5-4-9-13(14)15/h4-6,8-10,12H,2-3,7,11H2,1H3. The van der Waals surface area contributed by atoms with E-state index >= 15 is 0 Å². The molecule has 0 spiro atoms. The molecule has 0 fully saturated rings. The Bertz CT molecular complexity index is 569. The topological polar surface area (TPSA) is 37.4 Å². The first-order valence-electron chi connectivity index (χ1n) is 6.50. The fourth-order valence-electron chi connectivity index (χ4n) is 2.26. The van der Waals surface area contributed by atoms with Crippen molar-refractivity contribution in [3.05, 3.63) is 42.2 Å². The normalized spacial score (nSPS) is 20.0. The third-order valence-electron chi connectivity index (χ3n) is 3.29. The van der Waals surface area contributed by atoms with E-state index in [-0.39, 0.29) is 10.9 Å². The second kappa shape index (κ2) is 5.84. The van der Waals surface area contributed by atoms with Crippen LogP contribution in [0.4, 0.5) is 4.39 Å². The summed E-state index contributed by atoms with van der Waals surface area (Å²) in [5.41, 5.74) is 0. The van der Waals surface area contributed by atoms with Gasteiger partial charge in [-0.1, -0.05) is 44.1 Å². The highest BCUT2D eigenvalue weighted by molar-refractivity contribution is 7.89. The van der Waals surface area contributed by atoms with Crippen LogP contribution in [0.2, 0.25) is 0 Å². The fourth-order valence-corrected chi connectivity index (χ4v) is 3.90. The van der Waals surface area contributed by atoms with Crippen molar-refractivity contribution in [1.82, 2.24) is 4.31 Å². The van der Waals surface area contributed by atoms with E-state index in [0.29, 0.717) is 6.54 Å². The molecule has 2 rings (SSSR count). The number of unbranched alkanes of at least 4 members (excludes halogenated alkanes) is 1. The Hall–Kier alpha value is -1.20. The van der Waals surface area contributed by atoms with E-state index in [0.717, 1.165) is 19.3 Å². The summed E-state index contributed by atoms with van der Waals surface area (Å²) in [7, 11) is -3.75. The summed E-state index contributed by atoms with van der Waals surface area (Å²) in [6.45, 7) is 2.39. The van der Waals surface area contributed by atoms with E-state index in [4.69, 9.17) is 0 Å². The van der Waals surface area contributed by atoms with Crippen molar-refractivity contribution >= 4 is 10.0 Å². The van der Waals surface area contributed by atoms with E-state index in [2.05, 4.69) is 6.92 Å². The summed E-state index contributed by atoms with van der Waals surface area (Å²) in [6, 6.07) is 5.38. The molecule has 0 radical (unpaired) electrons. The van der Waals surface area contributed by atoms with Gasteiger partial charge in [-0.2, -0.15) is 4.31 Å². The van der Waals surface area contributed by atoms with Crippen LogP contribution in [0.1, 0.15) is 26.2 Å². The minimum atomic E-state index is -3.75. The second-order valence-electron chi connectivity index (χ2n) is 4.64. The average molecular weight is 283 g/mol. The van der Waals surface area contributed by atoms with E-state index in [1.165, 1.54) is 22.5 Å². The molecule has 1 aliphatic rings. The fraction of sp³-hybridized carbons (Fsp3) is 0.429. The molecule has 0 bridgehead atoms. The first-order chi connectivity index (χ1) is 9.07. The molecule has 0 amide bonds. The molecule has 0 saturated heterocycles. The Morgan fingerprint density at radius 3 is 2.79 bits per heavy atom. The van der Waals surface area contributed by atoms with Crippen molar-refractivity contribution in [2.45, 2.75) is 37.1 Å². The van der Waals surface area contributed by atoms with Crippen molar-refractivity contribution in [2.24, 2.45) is 0 Å². The zero-order chi connectivity index (χ0) is 13.9. The Morgan fingerprint density at radius 2 is 2.11 bits per heavy atom. The van der Waals surface area contributed by atoms with Crippen LogP contribution in [0.15, 0.2) is 41.3 Å².